The molecule has 112 valence electrons. The van der Waals surface area contributed by atoms with Gasteiger partial charge < -0.3 is 5.73 Å². The number of nitrogens with one attached hydrogen (secondary N) is 1. The van der Waals surface area contributed by atoms with Gasteiger partial charge in [-0.1, -0.05) is 35.9 Å². The Labute approximate surface area is 124 Å². The molecule has 0 aromatic heterocycles. The molecule has 5 heteroatoms. The topological polar surface area (TPSA) is 75.4 Å². The average molecular weight is 287 g/mol. The van der Waals surface area contributed by atoms with E-state index in [1.165, 1.54) is 16.7 Å². The summed E-state index contributed by atoms with van der Waals surface area (Å²) in [5.41, 5.74) is 8.79. The van der Waals surface area contributed by atoms with E-state index in [1.54, 1.807) is 0 Å². The minimum atomic E-state index is -0.791. The van der Waals surface area contributed by atoms with Crippen LogP contribution >= 0.6 is 0 Å². The Bertz CT molecular complexity index is 549. The lowest BCUT2D eigenvalue weighted by atomic mass is 9.98. The molecule has 0 fully saturated rings. The van der Waals surface area contributed by atoms with E-state index in [0.29, 0.717) is 6.54 Å². The third kappa shape index (κ3) is 4.72. The zero-order chi connectivity index (χ0) is 15.2. The predicted molar refractivity (Wildman–Crippen MR) is 82.6 cm³/mol. The van der Waals surface area contributed by atoms with E-state index in [0.717, 1.165) is 19.5 Å². The lowest BCUT2D eigenvalue weighted by molar-refractivity contribution is -0.120. The van der Waals surface area contributed by atoms with Crippen LogP contribution in [0.2, 0.25) is 0 Å². The lowest BCUT2D eigenvalue weighted by Gasteiger charge is -2.26. The Morgan fingerprint density at radius 1 is 1.29 bits per heavy atom. The first-order valence-electron chi connectivity index (χ1n) is 7.12. The molecule has 3 amide bonds. The number of urea groups is 1. The highest BCUT2D eigenvalue weighted by molar-refractivity contribution is 5.93. The number of hydrogen-bond acceptors (Lipinski definition) is 3. The number of nitrogens with two attached hydrogens (primary N) is 1. The fourth-order valence-electron chi connectivity index (χ4n) is 2.40. The third-order valence-electron chi connectivity index (χ3n) is 3.63. The molecule has 0 spiro atoms. The number of carbonyl (C=O) groups is 2. The van der Waals surface area contributed by atoms with Gasteiger partial charge in [0.05, 0.1) is 0 Å². The summed E-state index contributed by atoms with van der Waals surface area (Å²) in [4.78, 5) is 24.1. The summed E-state index contributed by atoms with van der Waals surface area (Å²) < 4.78 is 0. The molecule has 0 radical (unpaired) electrons. The molecule has 3 N–H and O–H groups in total. The van der Waals surface area contributed by atoms with Gasteiger partial charge in [-0.3, -0.25) is 15.0 Å². The number of imide groups is 1. The second-order valence-corrected chi connectivity index (χ2v) is 5.31. The van der Waals surface area contributed by atoms with Gasteiger partial charge in [0.25, 0.3) is 0 Å². The second kappa shape index (κ2) is 7.04. The van der Waals surface area contributed by atoms with Crippen molar-refractivity contribution in [1.82, 2.24) is 10.2 Å². The molecule has 1 aliphatic rings. The van der Waals surface area contributed by atoms with Crippen LogP contribution < -0.4 is 11.1 Å². The molecule has 5 nitrogen and oxygen atoms in total. The van der Waals surface area contributed by atoms with E-state index in [1.807, 2.05) is 0 Å². The average Bonchev–Trinajstić information content (AvgIpc) is 2.46. The Balaban J connectivity index is 1.83. The molecule has 1 aromatic carbocycles. The summed E-state index contributed by atoms with van der Waals surface area (Å²) in [5.74, 6) is -0.323. The number of hydrogen-bond donors (Lipinski definition) is 2. The van der Waals surface area contributed by atoms with E-state index < -0.39 is 6.03 Å². The van der Waals surface area contributed by atoms with E-state index in [4.69, 9.17) is 5.73 Å². The van der Waals surface area contributed by atoms with Crippen molar-refractivity contribution >= 4 is 17.5 Å². The number of nitrogens with zero attached hydrogens (tertiary/aromatic N) is 1. The summed E-state index contributed by atoms with van der Waals surface area (Å²) >= 11 is 0. The molecule has 0 saturated heterocycles. The number of primary amides is 1. The van der Waals surface area contributed by atoms with Gasteiger partial charge >= 0.3 is 6.03 Å². The standard InChI is InChI=1S/C16H21N3O2/c1-12-2-4-13(5-3-12)14-6-9-19(10-7-14)11-8-15(20)18-16(17)21/h2-6H,7-11H2,1H3,(H3,17,18,20,21). The molecule has 1 aromatic rings. The first kappa shape index (κ1) is 15.3. The summed E-state index contributed by atoms with van der Waals surface area (Å²) in [6.45, 7) is 4.46. The van der Waals surface area contributed by atoms with Gasteiger partial charge in [0, 0.05) is 26.1 Å². The van der Waals surface area contributed by atoms with Crippen LogP contribution in [-0.4, -0.2) is 36.5 Å². The number of amides is 3. The van der Waals surface area contributed by atoms with Gasteiger partial charge in [-0.25, -0.2) is 4.79 Å². The van der Waals surface area contributed by atoms with Crippen LogP contribution in [0.5, 0.6) is 0 Å². The SMILES string of the molecule is Cc1ccc(C2=CCN(CCC(=O)NC(N)=O)CC2)cc1. The van der Waals surface area contributed by atoms with Crippen LogP contribution in [-0.2, 0) is 4.79 Å². The zero-order valence-corrected chi connectivity index (χ0v) is 12.3. The molecule has 0 saturated carbocycles. The maximum absolute atomic E-state index is 11.4. The van der Waals surface area contributed by atoms with Crippen molar-refractivity contribution in [3.05, 3.63) is 41.5 Å². The maximum atomic E-state index is 11.4. The minimum Gasteiger partial charge on any atom is -0.351 e. The minimum absolute atomic E-state index is 0.288. The van der Waals surface area contributed by atoms with E-state index in [2.05, 4.69) is 47.5 Å². The maximum Gasteiger partial charge on any atom is 0.318 e. The van der Waals surface area contributed by atoms with Gasteiger partial charge in [0.15, 0.2) is 0 Å². The first-order valence-corrected chi connectivity index (χ1v) is 7.12. The van der Waals surface area contributed by atoms with Gasteiger partial charge in [-0.15, -0.1) is 0 Å². The van der Waals surface area contributed by atoms with Gasteiger partial charge in [-0.05, 0) is 24.5 Å². The van der Waals surface area contributed by atoms with Crippen molar-refractivity contribution in [3.63, 3.8) is 0 Å². The van der Waals surface area contributed by atoms with Crippen molar-refractivity contribution in [2.45, 2.75) is 19.8 Å². The van der Waals surface area contributed by atoms with Gasteiger partial charge in [0.1, 0.15) is 0 Å². The molecule has 1 heterocycles. The summed E-state index contributed by atoms with van der Waals surface area (Å²) in [7, 11) is 0. The smallest absolute Gasteiger partial charge is 0.318 e. The lowest BCUT2D eigenvalue weighted by Crippen LogP contribution is -2.38. The second-order valence-electron chi connectivity index (χ2n) is 5.31. The van der Waals surface area contributed by atoms with Crippen molar-refractivity contribution in [2.24, 2.45) is 5.73 Å². The van der Waals surface area contributed by atoms with Crippen LogP contribution in [0.3, 0.4) is 0 Å². The van der Waals surface area contributed by atoms with Crippen LogP contribution in [0, 0.1) is 6.92 Å². The molecule has 0 atom stereocenters. The van der Waals surface area contributed by atoms with Crippen LogP contribution in [0.1, 0.15) is 24.0 Å². The fraction of sp³-hybridized carbons (Fsp3) is 0.375. The Kier molecular flexibility index (Phi) is 5.11. The Hall–Kier alpha value is -2.14. The molecular weight excluding hydrogens is 266 g/mol. The van der Waals surface area contributed by atoms with Gasteiger partial charge in [-0.2, -0.15) is 0 Å². The largest absolute Gasteiger partial charge is 0.351 e. The number of aryl methyl sites for hydroxylation is 1. The van der Waals surface area contributed by atoms with Crippen molar-refractivity contribution in [2.75, 3.05) is 19.6 Å². The van der Waals surface area contributed by atoms with Crippen LogP contribution in [0.15, 0.2) is 30.3 Å². The van der Waals surface area contributed by atoms with Crippen molar-refractivity contribution in [3.8, 4) is 0 Å². The monoisotopic (exact) mass is 287 g/mol. The quantitative estimate of drug-likeness (QED) is 0.884. The van der Waals surface area contributed by atoms with E-state index in [9.17, 15) is 9.59 Å². The Morgan fingerprint density at radius 2 is 2.00 bits per heavy atom. The Morgan fingerprint density at radius 3 is 2.57 bits per heavy atom. The third-order valence-corrected chi connectivity index (χ3v) is 3.63. The first-order chi connectivity index (χ1) is 10.0. The van der Waals surface area contributed by atoms with Gasteiger partial charge in [0.2, 0.25) is 5.91 Å². The summed E-state index contributed by atoms with van der Waals surface area (Å²) in [5, 5.41) is 2.08. The van der Waals surface area contributed by atoms with Crippen LogP contribution in [0.25, 0.3) is 5.57 Å². The summed E-state index contributed by atoms with van der Waals surface area (Å²) in [6, 6.07) is 7.75. The highest BCUT2D eigenvalue weighted by atomic mass is 16.2. The number of rotatable bonds is 4. The molecule has 21 heavy (non-hydrogen) atoms. The summed E-state index contributed by atoms with van der Waals surface area (Å²) in [6.07, 6.45) is 3.47. The molecule has 2 rings (SSSR count). The molecular formula is C16H21N3O2. The molecule has 0 unspecified atom stereocenters. The molecule has 0 aliphatic carbocycles. The predicted octanol–water partition coefficient (Wildman–Crippen LogP) is 1.67. The normalized spacial score (nSPS) is 15.4. The van der Waals surface area contributed by atoms with E-state index >= 15 is 0 Å². The molecule has 0 bridgehead atoms. The highest BCUT2D eigenvalue weighted by Crippen LogP contribution is 2.22. The number of benzene rings is 1. The number of carbonyl (C=O) groups excluding carboxylic acids is 2. The van der Waals surface area contributed by atoms with Crippen molar-refractivity contribution < 1.29 is 9.59 Å². The zero-order valence-electron chi connectivity index (χ0n) is 12.3. The highest BCUT2D eigenvalue weighted by Gasteiger charge is 2.14. The fourth-order valence-corrected chi connectivity index (χ4v) is 2.40. The van der Waals surface area contributed by atoms with Crippen LogP contribution in [0.4, 0.5) is 4.79 Å². The van der Waals surface area contributed by atoms with E-state index in [-0.39, 0.29) is 12.3 Å². The molecule has 1 aliphatic heterocycles. The van der Waals surface area contributed by atoms with Crippen molar-refractivity contribution in [1.29, 1.82) is 0 Å².